The number of furan rings is 1. The molecule has 0 fully saturated rings. The summed E-state index contributed by atoms with van der Waals surface area (Å²) in [4.78, 5) is 0. The van der Waals surface area contributed by atoms with Crippen LogP contribution >= 0.6 is 8.58 Å². The number of para-hydroxylation sites is 1. The van der Waals surface area contributed by atoms with E-state index in [-0.39, 0.29) is 0 Å². The largest absolute Gasteiger partial charge is 0.456 e. The minimum absolute atomic E-state index is 0.843. The zero-order valence-corrected chi connectivity index (χ0v) is 12.8. The lowest BCUT2D eigenvalue weighted by atomic mass is 10.0. The summed E-state index contributed by atoms with van der Waals surface area (Å²) in [6, 6.07) is 23.5. The van der Waals surface area contributed by atoms with Gasteiger partial charge < -0.3 is 4.42 Å². The number of hydrogen-bond acceptors (Lipinski definition) is 1. The van der Waals surface area contributed by atoms with Gasteiger partial charge in [-0.2, -0.15) is 0 Å². The molecular weight excluding hydrogens is 275 g/mol. The maximum absolute atomic E-state index is 5.96. The Morgan fingerprint density at radius 2 is 1.43 bits per heavy atom. The Kier molecular flexibility index (Phi) is 3.02. The summed E-state index contributed by atoms with van der Waals surface area (Å²) in [5.41, 5.74) is 4.34. The summed E-state index contributed by atoms with van der Waals surface area (Å²) in [6.07, 6.45) is 0. The van der Waals surface area contributed by atoms with Crippen molar-refractivity contribution in [3.05, 3.63) is 66.7 Å². The molecule has 0 saturated heterocycles. The van der Waals surface area contributed by atoms with E-state index < -0.39 is 0 Å². The van der Waals surface area contributed by atoms with Gasteiger partial charge in [-0.25, -0.2) is 0 Å². The topological polar surface area (TPSA) is 13.1 Å². The Hall–Kier alpha value is -2.11. The molecule has 0 bridgehead atoms. The molecule has 0 aliphatic rings. The summed E-state index contributed by atoms with van der Waals surface area (Å²) in [5.74, 6) is 0. The van der Waals surface area contributed by atoms with Gasteiger partial charge in [0.1, 0.15) is 11.2 Å². The predicted molar refractivity (Wildman–Crippen MR) is 93.0 cm³/mol. The van der Waals surface area contributed by atoms with Crippen LogP contribution in [0.5, 0.6) is 0 Å². The Bertz CT molecular complexity index is 919. The summed E-state index contributed by atoms with van der Waals surface area (Å²) in [5, 5.41) is 3.76. The molecule has 4 rings (SSSR count). The average Bonchev–Trinajstić information content (AvgIpc) is 2.92. The van der Waals surface area contributed by atoms with Crippen molar-refractivity contribution in [1.82, 2.24) is 0 Å². The van der Waals surface area contributed by atoms with Gasteiger partial charge in [0.15, 0.2) is 0 Å². The van der Waals surface area contributed by atoms with E-state index in [0.29, 0.717) is 0 Å². The summed E-state index contributed by atoms with van der Waals surface area (Å²) in [7, 11) is 0.843. The van der Waals surface area contributed by atoms with E-state index in [2.05, 4.69) is 61.3 Å². The minimum Gasteiger partial charge on any atom is -0.456 e. The monoisotopic (exact) mass is 290 g/mol. The van der Waals surface area contributed by atoms with Crippen LogP contribution in [-0.4, -0.2) is 6.66 Å². The van der Waals surface area contributed by atoms with E-state index in [1.54, 1.807) is 0 Å². The Balaban J connectivity index is 1.87. The van der Waals surface area contributed by atoms with Crippen molar-refractivity contribution in [3.63, 3.8) is 0 Å². The molecule has 1 nitrogen and oxygen atoms in total. The van der Waals surface area contributed by atoms with Crippen LogP contribution in [0.15, 0.2) is 71.1 Å². The smallest absolute Gasteiger partial charge is 0.136 e. The van der Waals surface area contributed by atoms with Crippen LogP contribution < -0.4 is 5.30 Å². The first-order valence-electron chi connectivity index (χ1n) is 7.04. The Morgan fingerprint density at radius 3 is 2.24 bits per heavy atom. The quantitative estimate of drug-likeness (QED) is 0.463. The number of fused-ring (bicyclic) bond motifs is 3. The molecule has 1 atom stereocenters. The van der Waals surface area contributed by atoms with Crippen LogP contribution in [0.2, 0.25) is 0 Å². The first-order valence-corrected chi connectivity index (χ1v) is 8.54. The standard InChI is InChI=1S/C19H15OP/c1-21-15-9-6-13(7-10-15)14-8-11-17-16-4-2-3-5-18(16)20-19(17)12-14/h2-12,21H,1H3. The van der Waals surface area contributed by atoms with E-state index in [9.17, 15) is 0 Å². The van der Waals surface area contributed by atoms with E-state index >= 15 is 0 Å². The Labute approximate surface area is 125 Å². The predicted octanol–water partition coefficient (Wildman–Crippen LogP) is 5.19. The third-order valence-corrected chi connectivity index (χ3v) is 4.80. The average molecular weight is 290 g/mol. The second kappa shape index (κ2) is 5.02. The second-order valence-corrected chi connectivity index (χ2v) is 6.21. The third kappa shape index (κ3) is 2.14. The van der Waals surface area contributed by atoms with Crippen LogP contribution in [0.3, 0.4) is 0 Å². The molecule has 0 aliphatic heterocycles. The lowest BCUT2D eigenvalue weighted by Gasteiger charge is -2.03. The van der Waals surface area contributed by atoms with Crippen molar-refractivity contribution in [3.8, 4) is 11.1 Å². The molecule has 1 aromatic heterocycles. The summed E-state index contributed by atoms with van der Waals surface area (Å²) in [6.45, 7) is 2.20. The van der Waals surface area contributed by atoms with Gasteiger partial charge >= 0.3 is 0 Å². The van der Waals surface area contributed by atoms with Crippen LogP contribution in [0.4, 0.5) is 0 Å². The third-order valence-electron chi connectivity index (χ3n) is 3.89. The molecule has 0 amide bonds. The van der Waals surface area contributed by atoms with Gasteiger partial charge in [-0.15, -0.1) is 0 Å². The summed E-state index contributed by atoms with van der Waals surface area (Å²) >= 11 is 0. The second-order valence-electron chi connectivity index (χ2n) is 5.14. The maximum atomic E-state index is 5.96. The van der Waals surface area contributed by atoms with Gasteiger partial charge in [0, 0.05) is 10.8 Å². The van der Waals surface area contributed by atoms with Crippen molar-refractivity contribution in [2.75, 3.05) is 6.66 Å². The summed E-state index contributed by atoms with van der Waals surface area (Å²) < 4.78 is 5.96. The molecule has 3 aromatic carbocycles. The molecule has 0 radical (unpaired) electrons. The van der Waals surface area contributed by atoms with Crippen molar-refractivity contribution in [2.45, 2.75) is 0 Å². The molecule has 21 heavy (non-hydrogen) atoms. The molecule has 102 valence electrons. The minimum atomic E-state index is 0.843. The van der Waals surface area contributed by atoms with Crippen molar-refractivity contribution in [2.24, 2.45) is 0 Å². The van der Waals surface area contributed by atoms with E-state index in [1.807, 2.05) is 12.1 Å². The SMILES string of the molecule is CPc1ccc(-c2ccc3c(c2)oc2ccccc23)cc1. The van der Waals surface area contributed by atoms with Gasteiger partial charge in [0.2, 0.25) is 0 Å². The molecule has 1 unspecified atom stereocenters. The molecule has 0 aliphatic carbocycles. The molecule has 0 N–H and O–H groups in total. The van der Waals surface area contributed by atoms with Gasteiger partial charge in [-0.05, 0) is 41.3 Å². The molecule has 1 heterocycles. The zero-order valence-electron chi connectivity index (χ0n) is 11.8. The maximum Gasteiger partial charge on any atom is 0.136 e. The first kappa shape index (κ1) is 12.6. The van der Waals surface area contributed by atoms with Crippen molar-refractivity contribution in [1.29, 1.82) is 0 Å². The Morgan fingerprint density at radius 1 is 0.714 bits per heavy atom. The lowest BCUT2D eigenvalue weighted by molar-refractivity contribution is 0.669. The first-order chi connectivity index (χ1) is 10.3. The van der Waals surface area contributed by atoms with E-state index in [1.165, 1.54) is 27.2 Å². The fourth-order valence-electron chi connectivity index (χ4n) is 2.73. The van der Waals surface area contributed by atoms with E-state index in [4.69, 9.17) is 4.42 Å². The zero-order chi connectivity index (χ0) is 14.2. The molecular formula is C19H15OP. The van der Waals surface area contributed by atoms with E-state index in [0.717, 1.165) is 19.7 Å². The highest BCUT2D eigenvalue weighted by molar-refractivity contribution is 7.46. The van der Waals surface area contributed by atoms with Crippen LogP contribution in [0.25, 0.3) is 33.1 Å². The van der Waals surface area contributed by atoms with Crippen LogP contribution in [0, 0.1) is 0 Å². The molecule has 2 heteroatoms. The number of hydrogen-bond donors (Lipinski definition) is 0. The number of benzene rings is 3. The van der Waals surface area contributed by atoms with Crippen LogP contribution in [0.1, 0.15) is 0 Å². The highest BCUT2D eigenvalue weighted by atomic mass is 31.1. The highest BCUT2D eigenvalue weighted by Crippen LogP contribution is 2.31. The fraction of sp³-hybridized carbons (Fsp3) is 0.0526. The van der Waals surface area contributed by atoms with Gasteiger partial charge in [0.25, 0.3) is 0 Å². The van der Waals surface area contributed by atoms with Crippen molar-refractivity contribution < 1.29 is 4.42 Å². The van der Waals surface area contributed by atoms with Crippen molar-refractivity contribution >= 4 is 35.8 Å². The van der Waals surface area contributed by atoms with Crippen LogP contribution in [-0.2, 0) is 0 Å². The van der Waals surface area contributed by atoms with Gasteiger partial charge in [-0.3, -0.25) is 0 Å². The number of rotatable bonds is 2. The lowest BCUT2D eigenvalue weighted by Crippen LogP contribution is -1.91. The van der Waals surface area contributed by atoms with Gasteiger partial charge in [0.05, 0.1) is 0 Å². The van der Waals surface area contributed by atoms with Gasteiger partial charge in [-0.1, -0.05) is 57.1 Å². The molecule has 4 aromatic rings. The highest BCUT2D eigenvalue weighted by Gasteiger charge is 2.07. The molecule has 0 spiro atoms. The normalized spacial score (nSPS) is 11.9. The fourth-order valence-corrected chi connectivity index (χ4v) is 3.23. The molecule has 0 saturated carbocycles.